The van der Waals surface area contributed by atoms with Crippen LogP contribution in [0.1, 0.15) is 37.3 Å². The highest BCUT2D eigenvalue weighted by molar-refractivity contribution is 5.64. The summed E-state index contributed by atoms with van der Waals surface area (Å²) >= 11 is 0. The molecule has 0 aliphatic rings. The Labute approximate surface area is 127 Å². The predicted octanol–water partition coefficient (Wildman–Crippen LogP) is 6.24. The van der Waals surface area contributed by atoms with Crippen LogP contribution in [-0.4, -0.2) is 0 Å². The first-order chi connectivity index (χ1) is 10.4. The summed E-state index contributed by atoms with van der Waals surface area (Å²) in [7, 11) is 0. The summed E-state index contributed by atoms with van der Waals surface area (Å²) in [4.78, 5) is 0. The molecule has 0 nitrogen and oxygen atoms in total. The molecule has 0 N–H and O–H groups in total. The van der Waals surface area contributed by atoms with Crippen molar-refractivity contribution in [2.75, 3.05) is 0 Å². The average molecular weight is 310 g/mol. The van der Waals surface area contributed by atoms with Crippen molar-refractivity contribution in [3.8, 4) is 11.1 Å². The van der Waals surface area contributed by atoms with E-state index in [-0.39, 0.29) is 0 Å². The molecule has 0 heterocycles. The summed E-state index contributed by atoms with van der Waals surface area (Å²) < 4.78 is 51.7. The van der Waals surface area contributed by atoms with Gasteiger partial charge in [0.1, 0.15) is 5.82 Å². The molecule has 0 spiro atoms. The molecule has 0 atom stereocenters. The molecule has 4 heteroatoms. The number of aryl methyl sites for hydroxylation is 1. The van der Waals surface area contributed by atoms with E-state index in [1.54, 1.807) is 6.07 Å². The SMILES string of the molecule is CCCCCc1ccc(-c2ccc(C(F)(F)F)cc2)c(F)c1. The lowest BCUT2D eigenvalue weighted by atomic mass is 9.99. The highest BCUT2D eigenvalue weighted by Crippen LogP contribution is 2.31. The van der Waals surface area contributed by atoms with Crippen molar-refractivity contribution in [1.82, 2.24) is 0 Å². The van der Waals surface area contributed by atoms with Crippen LogP contribution in [0.5, 0.6) is 0 Å². The maximum Gasteiger partial charge on any atom is 0.416 e. The molecule has 0 aliphatic heterocycles. The molecule has 22 heavy (non-hydrogen) atoms. The first kappa shape index (κ1) is 16.5. The van der Waals surface area contributed by atoms with Crippen molar-refractivity contribution in [3.63, 3.8) is 0 Å². The van der Waals surface area contributed by atoms with Gasteiger partial charge in [-0.05, 0) is 42.2 Å². The van der Waals surface area contributed by atoms with Gasteiger partial charge in [0.2, 0.25) is 0 Å². The number of rotatable bonds is 5. The molecule has 0 radical (unpaired) electrons. The monoisotopic (exact) mass is 310 g/mol. The first-order valence-corrected chi connectivity index (χ1v) is 7.38. The normalized spacial score (nSPS) is 11.7. The van der Waals surface area contributed by atoms with E-state index in [9.17, 15) is 17.6 Å². The van der Waals surface area contributed by atoms with E-state index in [0.717, 1.165) is 43.4 Å². The van der Waals surface area contributed by atoms with Gasteiger partial charge in [-0.15, -0.1) is 0 Å². The maximum atomic E-state index is 14.2. The molecule has 0 aromatic heterocycles. The van der Waals surface area contributed by atoms with Gasteiger partial charge in [0.25, 0.3) is 0 Å². The highest BCUT2D eigenvalue weighted by atomic mass is 19.4. The molecular formula is C18H18F4. The van der Waals surface area contributed by atoms with E-state index < -0.39 is 17.6 Å². The second-order valence-corrected chi connectivity index (χ2v) is 5.35. The van der Waals surface area contributed by atoms with Crippen molar-refractivity contribution in [1.29, 1.82) is 0 Å². The summed E-state index contributed by atoms with van der Waals surface area (Å²) in [5.41, 5.74) is 0.966. The fourth-order valence-corrected chi connectivity index (χ4v) is 2.37. The molecule has 2 aromatic carbocycles. The van der Waals surface area contributed by atoms with E-state index in [2.05, 4.69) is 6.92 Å². The quantitative estimate of drug-likeness (QED) is 0.452. The van der Waals surface area contributed by atoms with Crippen LogP contribution in [-0.2, 0) is 12.6 Å². The lowest BCUT2D eigenvalue weighted by Gasteiger charge is -2.09. The third-order valence-electron chi connectivity index (χ3n) is 3.63. The number of hydrogen-bond donors (Lipinski definition) is 0. The van der Waals surface area contributed by atoms with Crippen molar-refractivity contribution in [2.45, 2.75) is 38.8 Å². The standard InChI is InChI=1S/C18H18F4/c1-2-3-4-5-13-6-11-16(17(19)12-13)14-7-9-15(10-8-14)18(20,21)22/h6-12H,2-5H2,1H3. The molecule has 0 saturated heterocycles. The zero-order valence-electron chi connectivity index (χ0n) is 12.4. The van der Waals surface area contributed by atoms with Gasteiger partial charge in [-0.2, -0.15) is 13.2 Å². The molecule has 0 aliphatic carbocycles. The Balaban J connectivity index is 2.18. The Morgan fingerprint density at radius 1 is 0.909 bits per heavy atom. The van der Waals surface area contributed by atoms with Crippen LogP contribution in [0.3, 0.4) is 0 Å². The largest absolute Gasteiger partial charge is 0.416 e. The van der Waals surface area contributed by atoms with Crippen molar-refractivity contribution in [3.05, 3.63) is 59.4 Å². The number of unbranched alkanes of at least 4 members (excludes halogenated alkanes) is 2. The van der Waals surface area contributed by atoms with Gasteiger partial charge >= 0.3 is 6.18 Å². The molecule has 0 fully saturated rings. The van der Waals surface area contributed by atoms with E-state index in [1.807, 2.05) is 6.07 Å². The first-order valence-electron chi connectivity index (χ1n) is 7.38. The third-order valence-corrected chi connectivity index (χ3v) is 3.63. The van der Waals surface area contributed by atoms with Gasteiger partial charge in [-0.1, -0.05) is 44.0 Å². The van der Waals surface area contributed by atoms with Gasteiger partial charge < -0.3 is 0 Å². The summed E-state index contributed by atoms with van der Waals surface area (Å²) in [6.45, 7) is 2.11. The minimum atomic E-state index is -4.37. The Morgan fingerprint density at radius 3 is 2.14 bits per heavy atom. The summed E-state index contributed by atoms with van der Waals surface area (Å²) in [6.07, 6.45) is -0.345. The van der Waals surface area contributed by atoms with Crippen LogP contribution in [0.4, 0.5) is 17.6 Å². The van der Waals surface area contributed by atoms with Crippen LogP contribution in [0.2, 0.25) is 0 Å². The van der Waals surface area contributed by atoms with Crippen LogP contribution in [0, 0.1) is 5.82 Å². The molecule has 2 aromatic rings. The Morgan fingerprint density at radius 2 is 1.59 bits per heavy atom. The number of alkyl halides is 3. The fraction of sp³-hybridized carbons (Fsp3) is 0.333. The topological polar surface area (TPSA) is 0 Å². The molecule has 118 valence electrons. The molecule has 0 saturated carbocycles. The van der Waals surface area contributed by atoms with Crippen LogP contribution in [0.25, 0.3) is 11.1 Å². The Kier molecular flexibility index (Phi) is 5.22. The predicted molar refractivity (Wildman–Crippen MR) is 80.1 cm³/mol. The molecular weight excluding hydrogens is 292 g/mol. The zero-order valence-corrected chi connectivity index (χ0v) is 12.4. The molecule has 0 bridgehead atoms. The summed E-state index contributed by atoms with van der Waals surface area (Å²) in [5, 5.41) is 0. The highest BCUT2D eigenvalue weighted by Gasteiger charge is 2.30. The number of halogens is 4. The lowest BCUT2D eigenvalue weighted by Crippen LogP contribution is -2.04. The molecule has 0 unspecified atom stereocenters. The van der Waals surface area contributed by atoms with Crippen LogP contribution in [0.15, 0.2) is 42.5 Å². The third kappa shape index (κ3) is 4.09. The summed E-state index contributed by atoms with van der Waals surface area (Å²) in [5.74, 6) is -0.395. The van der Waals surface area contributed by atoms with E-state index in [1.165, 1.54) is 18.2 Å². The number of benzene rings is 2. The van der Waals surface area contributed by atoms with Gasteiger partial charge in [-0.25, -0.2) is 4.39 Å². The smallest absolute Gasteiger partial charge is 0.206 e. The van der Waals surface area contributed by atoms with Gasteiger partial charge in [0.05, 0.1) is 5.56 Å². The second-order valence-electron chi connectivity index (χ2n) is 5.35. The Hall–Kier alpha value is -1.84. The van der Waals surface area contributed by atoms with E-state index in [0.29, 0.717) is 11.1 Å². The van der Waals surface area contributed by atoms with E-state index in [4.69, 9.17) is 0 Å². The zero-order chi connectivity index (χ0) is 16.2. The molecule has 0 amide bonds. The van der Waals surface area contributed by atoms with Gasteiger partial charge in [0.15, 0.2) is 0 Å². The van der Waals surface area contributed by atoms with Crippen molar-refractivity contribution < 1.29 is 17.6 Å². The minimum absolute atomic E-state index is 0.327. The van der Waals surface area contributed by atoms with Crippen LogP contribution < -0.4 is 0 Å². The fourth-order valence-electron chi connectivity index (χ4n) is 2.37. The van der Waals surface area contributed by atoms with Crippen molar-refractivity contribution >= 4 is 0 Å². The summed E-state index contributed by atoms with van der Waals surface area (Å²) in [6, 6.07) is 9.51. The molecule has 2 rings (SSSR count). The second kappa shape index (κ2) is 6.95. The minimum Gasteiger partial charge on any atom is -0.206 e. The van der Waals surface area contributed by atoms with E-state index >= 15 is 0 Å². The van der Waals surface area contributed by atoms with Crippen molar-refractivity contribution in [2.24, 2.45) is 0 Å². The average Bonchev–Trinajstić information content (AvgIpc) is 2.47. The number of hydrogen-bond acceptors (Lipinski definition) is 0. The maximum absolute atomic E-state index is 14.2. The van der Waals surface area contributed by atoms with Gasteiger partial charge in [0, 0.05) is 5.56 Å². The van der Waals surface area contributed by atoms with Crippen LogP contribution >= 0.6 is 0 Å². The Bertz CT molecular complexity index is 612. The van der Waals surface area contributed by atoms with Gasteiger partial charge in [-0.3, -0.25) is 0 Å². The lowest BCUT2D eigenvalue weighted by molar-refractivity contribution is -0.137.